The van der Waals surface area contributed by atoms with E-state index in [1.165, 1.54) is 0 Å². The number of methoxy groups -OCH3 is 1. The Balaban J connectivity index is 2.87. The van der Waals surface area contributed by atoms with Crippen molar-refractivity contribution in [3.05, 3.63) is 24.0 Å². The Hall–Kier alpha value is -0.320. The SMILES string of the molecule is COc1ccnc(CI)c1. The highest BCUT2D eigenvalue weighted by molar-refractivity contribution is 14.1. The molecular formula is C7H8INO. The van der Waals surface area contributed by atoms with Crippen LogP contribution in [0.4, 0.5) is 0 Å². The zero-order chi connectivity index (χ0) is 7.40. The first-order valence-corrected chi connectivity index (χ1v) is 4.44. The molecule has 0 fully saturated rings. The lowest BCUT2D eigenvalue weighted by Crippen LogP contribution is -1.87. The van der Waals surface area contributed by atoms with E-state index >= 15 is 0 Å². The van der Waals surface area contributed by atoms with Crippen LogP contribution in [0, 0.1) is 0 Å². The van der Waals surface area contributed by atoms with Crippen molar-refractivity contribution in [2.24, 2.45) is 0 Å². The smallest absolute Gasteiger partial charge is 0.122 e. The molecule has 1 heterocycles. The molecule has 1 rings (SSSR count). The number of hydrogen-bond acceptors (Lipinski definition) is 2. The number of nitrogens with zero attached hydrogens (tertiary/aromatic N) is 1. The van der Waals surface area contributed by atoms with E-state index in [0.29, 0.717) is 0 Å². The maximum absolute atomic E-state index is 5.01. The first kappa shape index (κ1) is 7.78. The number of alkyl halides is 1. The summed E-state index contributed by atoms with van der Waals surface area (Å²) >= 11 is 2.27. The van der Waals surface area contributed by atoms with Crippen LogP contribution in [0.25, 0.3) is 0 Å². The summed E-state index contributed by atoms with van der Waals surface area (Å²) in [5, 5.41) is 0. The molecule has 0 atom stereocenters. The van der Waals surface area contributed by atoms with Crippen molar-refractivity contribution < 1.29 is 4.74 Å². The van der Waals surface area contributed by atoms with Gasteiger partial charge in [-0.25, -0.2) is 0 Å². The van der Waals surface area contributed by atoms with Crippen LogP contribution in [0.15, 0.2) is 18.3 Å². The highest BCUT2D eigenvalue weighted by Gasteiger charge is 1.92. The van der Waals surface area contributed by atoms with Crippen molar-refractivity contribution in [1.29, 1.82) is 0 Å². The maximum Gasteiger partial charge on any atom is 0.122 e. The van der Waals surface area contributed by atoms with E-state index in [4.69, 9.17) is 4.74 Å². The molecule has 0 saturated heterocycles. The van der Waals surface area contributed by atoms with Crippen molar-refractivity contribution >= 4 is 22.6 Å². The highest BCUT2D eigenvalue weighted by atomic mass is 127. The highest BCUT2D eigenvalue weighted by Crippen LogP contribution is 2.11. The Kier molecular flexibility index (Phi) is 2.92. The summed E-state index contributed by atoms with van der Waals surface area (Å²) in [5.41, 5.74) is 1.06. The number of rotatable bonds is 2. The lowest BCUT2D eigenvalue weighted by atomic mass is 10.4. The number of aromatic nitrogens is 1. The monoisotopic (exact) mass is 249 g/mol. The molecule has 0 aromatic carbocycles. The van der Waals surface area contributed by atoms with Gasteiger partial charge in [0.2, 0.25) is 0 Å². The quantitative estimate of drug-likeness (QED) is 0.591. The Labute approximate surface area is 73.8 Å². The zero-order valence-corrected chi connectivity index (χ0v) is 7.83. The van der Waals surface area contributed by atoms with Crippen molar-refractivity contribution in [2.45, 2.75) is 4.43 Å². The van der Waals surface area contributed by atoms with Gasteiger partial charge in [0.05, 0.1) is 12.8 Å². The third-order valence-corrected chi connectivity index (χ3v) is 1.94. The normalized spacial score (nSPS) is 9.40. The van der Waals surface area contributed by atoms with Crippen molar-refractivity contribution in [2.75, 3.05) is 7.11 Å². The van der Waals surface area contributed by atoms with Crippen LogP contribution in [0.3, 0.4) is 0 Å². The molecule has 0 amide bonds. The molecule has 2 nitrogen and oxygen atoms in total. The predicted molar refractivity (Wildman–Crippen MR) is 48.5 cm³/mol. The van der Waals surface area contributed by atoms with Gasteiger partial charge < -0.3 is 4.74 Å². The minimum Gasteiger partial charge on any atom is -0.497 e. The standard InChI is InChI=1S/C7H8INO/c1-10-7-2-3-9-6(4-7)5-8/h2-4H,5H2,1H3. The van der Waals surface area contributed by atoms with E-state index in [0.717, 1.165) is 15.9 Å². The van der Waals surface area contributed by atoms with Gasteiger partial charge in [-0.2, -0.15) is 0 Å². The molecule has 0 N–H and O–H groups in total. The fraction of sp³-hybridized carbons (Fsp3) is 0.286. The molecule has 0 saturated carbocycles. The lowest BCUT2D eigenvalue weighted by Gasteiger charge is -1.98. The number of halogens is 1. The lowest BCUT2D eigenvalue weighted by molar-refractivity contribution is 0.414. The maximum atomic E-state index is 5.01. The Morgan fingerprint density at radius 3 is 3.10 bits per heavy atom. The third-order valence-electron chi connectivity index (χ3n) is 1.16. The van der Waals surface area contributed by atoms with Crippen molar-refractivity contribution in [1.82, 2.24) is 4.98 Å². The Morgan fingerprint density at radius 2 is 2.50 bits per heavy atom. The summed E-state index contributed by atoms with van der Waals surface area (Å²) in [6.45, 7) is 0. The van der Waals surface area contributed by atoms with Gasteiger partial charge in [-0.05, 0) is 6.07 Å². The molecule has 0 bridgehead atoms. The molecular weight excluding hydrogens is 241 g/mol. The number of pyridine rings is 1. The predicted octanol–water partition coefficient (Wildman–Crippen LogP) is 2.03. The van der Waals surface area contributed by atoms with Crippen LogP contribution in [0.2, 0.25) is 0 Å². The van der Waals surface area contributed by atoms with E-state index < -0.39 is 0 Å². The molecule has 0 aliphatic heterocycles. The first-order chi connectivity index (χ1) is 4.86. The molecule has 0 aliphatic rings. The molecule has 3 heteroatoms. The largest absolute Gasteiger partial charge is 0.497 e. The topological polar surface area (TPSA) is 22.1 Å². The Morgan fingerprint density at radius 1 is 1.70 bits per heavy atom. The van der Waals surface area contributed by atoms with Gasteiger partial charge in [0.25, 0.3) is 0 Å². The van der Waals surface area contributed by atoms with Gasteiger partial charge in [0, 0.05) is 16.7 Å². The second-order valence-corrected chi connectivity index (χ2v) is 2.58. The van der Waals surface area contributed by atoms with Crippen molar-refractivity contribution in [3.8, 4) is 5.75 Å². The van der Waals surface area contributed by atoms with Crippen LogP contribution in [-0.4, -0.2) is 12.1 Å². The first-order valence-electron chi connectivity index (χ1n) is 2.91. The van der Waals surface area contributed by atoms with Crippen LogP contribution < -0.4 is 4.74 Å². The summed E-state index contributed by atoms with van der Waals surface area (Å²) in [5.74, 6) is 0.877. The summed E-state index contributed by atoms with van der Waals surface area (Å²) in [6.07, 6.45) is 1.76. The molecule has 1 aromatic rings. The average molecular weight is 249 g/mol. The van der Waals surface area contributed by atoms with Gasteiger partial charge in [-0.1, -0.05) is 22.6 Å². The zero-order valence-electron chi connectivity index (χ0n) is 5.67. The van der Waals surface area contributed by atoms with Gasteiger partial charge in [0.15, 0.2) is 0 Å². The second-order valence-electron chi connectivity index (χ2n) is 1.82. The van der Waals surface area contributed by atoms with E-state index in [2.05, 4.69) is 27.6 Å². The molecule has 0 unspecified atom stereocenters. The molecule has 10 heavy (non-hydrogen) atoms. The van der Waals surface area contributed by atoms with Gasteiger partial charge in [-0.3, -0.25) is 4.98 Å². The van der Waals surface area contributed by atoms with Gasteiger partial charge >= 0.3 is 0 Å². The van der Waals surface area contributed by atoms with E-state index in [-0.39, 0.29) is 0 Å². The van der Waals surface area contributed by atoms with Crippen LogP contribution >= 0.6 is 22.6 Å². The van der Waals surface area contributed by atoms with Crippen LogP contribution in [0.5, 0.6) is 5.75 Å². The number of ether oxygens (including phenoxy) is 1. The minimum absolute atomic E-state index is 0.877. The molecule has 54 valence electrons. The Bertz CT molecular complexity index is 195. The fourth-order valence-corrected chi connectivity index (χ4v) is 1.07. The average Bonchev–Trinajstić information content (AvgIpc) is 2.05. The van der Waals surface area contributed by atoms with Crippen LogP contribution in [0.1, 0.15) is 5.69 Å². The van der Waals surface area contributed by atoms with Gasteiger partial charge in [-0.15, -0.1) is 0 Å². The fourth-order valence-electron chi connectivity index (χ4n) is 0.656. The second kappa shape index (κ2) is 3.75. The summed E-state index contributed by atoms with van der Waals surface area (Å²) in [4.78, 5) is 4.12. The third kappa shape index (κ3) is 1.83. The molecule has 0 spiro atoms. The van der Waals surface area contributed by atoms with Gasteiger partial charge in [0.1, 0.15) is 5.75 Å². The van der Waals surface area contributed by atoms with E-state index in [1.807, 2.05) is 12.1 Å². The minimum atomic E-state index is 0.877. The summed E-state index contributed by atoms with van der Waals surface area (Å²) in [7, 11) is 1.66. The molecule has 0 aliphatic carbocycles. The molecule has 1 aromatic heterocycles. The number of hydrogen-bond donors (Lipinski definition) is 0. The summed E-state index contributed by atoms with van der Waals surface area (Å²) < 4.78 is 5.94. The van der Waals surface area contributed by atoms with E-state index in [9.17, 15) is 0 Å². The van der Waals surface area contributed by atoms with Crippen molar-refractivity contribution in [3.63, 3.8) is 0 Å². The molecule has 0 radical (unpaired) electrons. The summed E-state index contributed by atoms with van der Waals surface area (Å²) in [6, 6.07) is 3.78. The van der Waals surface area contributed by atoms with Crippen LogP contribution in [-0.2, 0) is 4.43 Å². The van der Waals surface area contributed by atoms with E-state index in [1.54, 1.807) is 13.3 Å².